The van der Waals surface area contributed by atoms with E-state index in [0.717, 1.165) is 17.0 Å². The molecule has 1 unspecified atom stereocenters. The van der Waals surface area contributed by atoms with E-state index in [2.05, 4.69) is 10.3 Å². The maximum absolute atomic E-state index is 13.2. The zero-order chi connectivity index (χ0) is 24.7. The van der Waals surface area contributed by atoms with Crippen LogP contribution in [-0.2, 0) is 23.1 Å². The van der Waals surface area contributed by atoms with Gasteiger partial charge in [0.1, 0.15) is 10.5 Å². The van der Waals surface area contributed by atoms with Crippen molar-refractivity contribution in [3.63, 3.8) is 0 Å². The van der Waals surface area contributed by atoms with Crippen LogP contribution in [0.15, 0.2) is 47.8 Å². The Morgan fingerprint density at radius 3 is 2.35 bits per heavy atom. The summed E-state index contributed by atoms with van der Waals surface area (Å²) in [5, 5.41) is 4.88. The highest BCUT2D eigenvalue weighted by atomic mass is 32.1. The maximum Gasteiger partial charge on any atom is 0.416 e. The Morgan fingerprint density at radius 1 is 1.06 bits per heavy atom. The Kier molecular flexibility index (Phi) is 5.98. The number of hydrogen-bond donors (Lipinski definition) is 1. The topological polar surface area (TPSA) is 80.8 Å². The summed E-state index contributed by atoms with van der Waals surface area (Å²) in [7, 11) is 2.97. The van der Waals surface area contributed by atoms with Gasteiger partial charge in [-0.1, -0.05) is 18.2 Å². The van der Waals surface area contributed by atoms with E-state index in [9.17, 15) is 22.8 Å². The van der Waals surface area contributed by atoms with E-state index in [1.807, 2.05) is 0 Å². The van der Waals surface area contributed by atoms with Crippen LogP contribution in [0.2, 0.25) is 0 Å². The van der Waals surface area contributed by atoms with Crippen molar-refractivity contribution in [2.75, 3.05) is 14.2 Å². The fourth-order valence-corrected chi connectivity index (χ4v) is 4.48. The van der Waals surface area contributed by atoms with Crippen LogP contribution >= 0.6 is 11.3 Å². The molecule has 1 N–H and O–H groups in total. The number of benzene rings is 2. The standard InChI is InChI=1S/C23H20F3N3O4S/c1-22(15-8-9-17(32-2)18(10-15)33-3)20(30)29(21(31)28-22)11-16-12-34-19(27-16)13-4-6-14(7-5-13)23(24,25)26/h4-10,12H,11H2,1-3H3,(H,28,31). The van der Waals surface area contributed by atoms with Crippen molar-refractivity contribution in [2.45, 2.75) is 25.2 Å². The molecule has 34 heavy (non-hydrogen) atoms. The molecule has 1 aliphatic rings. The molecule has 3 amide bonds. The minimum atomic E-state index is -4.42. The van der Waals surface area contributed by atoms with E-state index < -0.39 is 29.2 Å². The SMILES string of the molecule is COc1ccc(C2(C)NC(=O)N(Cc3csc(-c4ccc(C(F)(F)F)cc4)n3)C2=O)cc1OC. The fourth-order valence-electron chi connectivity index (χ4n) is 3.66. The van der Waals surface area contributed by atoms with Crippen molar-refractivity contribution in [3.05, 3.63) is 64.7 Å². The molecule has 1 aliphatic heterocycles. The smallest absolute Gasteiger partial charge is 0.416 e. The first-order valence-electron chi connectivity index (χ1n) is 10.1. The molecule has 178 valence electrons. The average molecular weight is 491 g/mol. The van der Waals surface area contributed by atoms with Crippen molar-refractivity contribution < 1.29 is 32.2 Å². The van der Waals surface area contributed by atoms with Gasteiger partial charge in [-0.2, -0.15) is 13.2 Å². The van der Waals surface area contributed by atoms with Crippen molar-refractivity contribution in [3.8, 4) is 22.1 Å². The largest absolute Gasteiger partial charge is 0.493 e. The number of hydrogen-bond acceptors (Lipinski definition) is 6. The summed E-state index contributed by atoms with van der Waals surface area (Å²) in [5.74, 6) is 0.443. The second-order valence-corrected chi connectivity index (χ2v) is 8.59. The third kappa shape index (κ3) is 4.18. The van der Waals surface area contributed by atoms with Gasteiger partial charge < -0.3 is 14.8 Å². The molecule has 11 heteroatoms. The normalized spacial score (nSPS) is 18.2. The van der Waals surface area contributed by atoms with E-state index in [4.69, 9.17) is 9.47 Å². The minimum Gasteiger partial charge on any atom is -0.493 e. The summed E-state index contributed by atoms with van der Waals surface area (Å²) >= 11 is 1.21. The first-order chi connectivity index (χ1) is 16.1. The van der Waals surface area contributed by atoms with Crippen molar-refractivity contribution >= 4 is 23.3 Å². The number of thiazole rings is 1. The molecule has 2 heterocycles. The van der Waals surface area contributed by atoms with Crippen LogP contribution < -0.4 is 14.8 Å². The lowest BCUT2D eigenvalue weighted by molar-refractivity contribution is -0.137. The van der Waals surface area contributed by atoms with Crippen molar-refractivity contribution in [1.29, 1.82) is 0 Å². The van der Waals surface area contributed by atoms with E-state index in [-0.39, 0.29) is 6.54 Å². The third-order valence-electron chi connectivity index (χ3n) is 5.57. The van der Waals surface area contributed by atoms with Crippen LogP contribution in [0.25, 0.3) is 10.6 Å². The summed E-state index contributed by atoms with van der Waals surface area (Å²) < 4.78 is 48.9. The van der Waals surface area contributed by atoms with Crippen LogP contribution in [0.4, 0.5) is 18.0 Å². The van der Waals surface area contributed by atoms with Crippen LogP contribution in [-0.4, -0.2) is 36.0 Å². The summed E-state index contributed by atoms with van der Waals surface area (Å²) in [6.45, 7) is 1.52. The van der Waals surface area contributed by atoms with Gasteiger partial charge in [0, 0.05) is 10.9 Å². The minimum absolute atomic E-state index is 0.0787. The highest BCUT2D eigenvalue weighted by Gasteiger charge is 2.49. The number of carbonyl (C=O) groups excluding carboxylic acids is 2. The van der Waals surface area contributed by atoms with E-state index in [1.54, 1.807) is 30.5 Å². The lowest BCUT2D eigenvalue weighted by atomic mass is 9.91. The highest BCUT2D eigenvalue weighted by Crippen LogP contribution is 2.36. The molecule has 0 spiro atoms. The Labute approximate surface area is 197 Å². The molecule has 0 saturated carbocycles. The van der Waals surface area contributed by atoms with Gasteiger partial charge >= 0.3 is 12.2 Å². The molecule has 1 atom stereocenters. The van der Waals surface area contributed by atoms with Gasteiger partial charge in [0.05, 0.1) is 32.0 Å². The van der Waals surface area contributed by atoms with E-state index in [0.29, 0.717) is 33.3 Å². The number of methoxy groups -OCH3 is 2. The number of amides is 3. The molecule has 3 aromatic rings. The van der Waals surface area contributed by atoms with Crippen LogP contribution in [0.3, 0.4) is 0 Å². The quantitative estimate of drug-likeness (QED) is 0.501. The number of nitrogens with zero attached hydrogens (tertiary/aromatic N) is 2. The predicted molar refractivity (Wildman–Crippen MR) is 119 cm³/mol. The molecule has 4 rings (SSSR count). The van der Waals surface area contributed by atoms with Crippen LogP contribution in [0.1, 0.15) is 23.7 Å². The number of aromatic nitrogens is 1. The summed E-state index contributed by atoms with van der Waals surface area (Å²) in [6.07, 6.45) is -4.42. The Hall–Kier alpha value is -3.60. The average Bonchev–Trinajstić information content (AvgIpc) is 3.37. The molecule has 2 aromatic carbocycles. The Balaban J connectivity index is 1.54. The molecule has 1 saturated heterocycles. The summed E-state index contributed by atoms with van der Waals surface area (Å²) in [5.41, 5.74) is -0.587. The van der Waals surface area contributed by atoms with Gasteiger partial charge in [-0.05, 0) is 36.8 Å². The number of carbonyl (C=O) groups is 2. The Bertz CT molecular complexity index is 1240. The number of rotatable bonds is 6. The van der Waals surface area contributed by atoms with Gasteiger partial charge in [-0.15, -0.1) is 11.3 Å². The molecule has 1 fully saturated rings. The number of alkyl halides is 3. The number of halogens is 3. The first-order valence-corrected chi connectivity index (χ1v) is 10.9. The fraction of sp³-hybridized carbons (Fsp3) is 0.261. The third-order valence-corrected chi connectivity index (χ3v) is 6.51. The van der Waals surface area contributed by atoms with Crippen molar-refractivity contribution in [1.82, 2.24) is 15.2 Å². The van der Waals surface area contributed by atoms with Gasteiger partial charge in [0.15, 0.2) is 11.5 Å². The summed E-state index contributed by atoms with van der Waals surface area (Å²) in [4.78, 5) is 31.4. The van der Waals surface area contributed by atoms with Crippen LogP contribution in [0, 0.1) is 0 Å². The number of nitrogens with one attached hydrogen (secondary N) is 1. The van der Waals surface area contributed by atoms with Gasteiger partial charge in [-0.25, -0.2) is 9.78 Å². The van der Waals surface area contributed by atoms with Gasteiger partial charge in [-0.3, -0.25) is 9.69 Å². The first kappa shape index (κ1) is 23.6. The Morgan fingerprint density at radius 2 is 1.74 bits per heavy atom. The van der Waals surface area contributed by atoms with Crippen LogP contribution in [0.5, 0.6) is 11.5 Å². The lowest BCUT2D eigenvalue weighted by Gasteiger charge is -2.23. The van der Waals surface area contributed by atoms with Gasteiger partial charge in [0.2, 0.25) is 0 Å². The second kappa shape index (κ2) is 8.64. The molecule has 0 radical (unpaired) electrons. The molecular formula is C23H20F3N3O4S. The predicted octanol–water partition coefficient (Wildman–Crippen LogP) is 4.81. The molecule has 7 nitrogen and oxygen atoms in total. The number of ether oxygens (including phenoxy) is 2. The highest BCUT2D eigenvalue weighted by molar-refractivity contribution is 7.13. The second-order valence-electron chi connectivity index (χ2n) is 7.74. The number of urea groups is 1. The van der Waals surface area contributed by atoms with E-state index >= 15 is 0 Å². The molecule has 0 bridgehead atoms. The number of imide groups is 1. The van der Waals surface area contributed by atoms with Gasteiger partial charge in [0.25, 0.3) is 5.91 Å². The zero-order valence-corrected chi connectivity index (χ0v) is 19.2. The van der Waals surface area contributed by atoms with E-state index in [1.165, 1.54) is 37.7 Å². The zero-order valence-electron chi connectivity index (χ0n) is 18.4. The monoisotopic (exact) mass is 491 g/mol. The molecular weight excluding hydrogens is 471 g/mol. The molecule has 1 aromatic heterocycles. The molecule has 0 aliphatic carbocycles. The summed E-state index contributed by atoms with van der Waals surface area (Å²) in [6, 6.07) is 9.04. The maximum atomic E-state index is 13.2. The van der Waals surface area contributed by atoms with Crippen molar-refractivity contribution in [2.24, 2.45) is 0 Å². The lowest BCUT2D eigenvalue weighted by Crippen LogP contribution is -2.40.